The van der Waals surface area contributed by atoms with Gasteiger partial charge in [0.25, 0.3) is 10.0 Å². The van der Waals surface area contributed by atoms with Gasteiger partial charge in [-0.2, -0.15) is 0 Å². The average molecular weight is 500 g/mol. The Labute approximate surface area is 204 Å². The second kappa shape index (κ2) is 8.40. The van der Waals surface area contributed by atoms with Crippen molar-refractivity contribution in [2.45, 2.75) is 52.4 Å². The second-order valence-electron chi connectivity index (χ2n) is 9.99. The number of benzene rings is 1. The van der Waals surface area contributed by atoms with E-state index in [1.165, 1.54) is 30.3 Å². The summed E-state index contributed by atoms with van der Waals surface area (Å²) in [7, 11) is -3.90. The maximum Gasteiger partial charge on any atom is 0.263 e. The predicted octanol–water partition coefficient (Wildman–Crippen LogP) is 2.64. The number of piperidine rings is 1. The molecule has 2 unspecified atom stereocenters. The summed E-state index contributed by atoms with van der Waals surface area (Å²) in [6.45, 7) is 8.77. The van der Waals surface area contributed by atoms with Crippen LogP contribution in [-0.2, 0) is 24.4 Å². The molecule has 1 aromatic carbocycles. The SMILES string of the molecule is Cc1cc(NS(=O)(=O)c2ccc(NC(=O)CN3C(=O)C4CCC(C)(C3=O)C4(C)C)cc2)nc(C)n1. The first-order valence-electron chi connectivity index (χ1n) is 11.4. The lowest BCUT2D eigenvalue weighted by Crippen LogP contribution is -2.60. The van der Waals surface area contributed by atoms with Crippen LogP contribution in [0.15, 0.2) is 35.2 Å². The molecule has 0 spiro atoms. The fourth-order valence-corrected chi connectivity index (χ4v) is 6.07. The molecule has 2 N–H and O–H groups in total. The third-order valence-corrected chi connectivity index (χ3v) is 8.83. The Morgan fingerprint density at radius 3 is 2.40 bits per heavy atom. The molecule has 3 amide bonds. The molecule has 0 radical (unpaired) electrons. The van der Waals surface area contributed by atoms with Gasteiger partial charge in [-0.1, -0.05) is 20.8 Å². The van der Waals surface area contributed by atoms with Crippen LogP contribution >= 0.6 is 0 Å². The van der Waals surface area contributed by atoms with Gasteiger partial charge in [0.2, 0.25) is 17.7 Å². The molecule has 35 heavy (non-hydrogen) atoms. The molecular weight excluding hydrogens is 470 g/mol. The van der Waals surface area contributed by atoms with Crippen LogP contribution in [0, 0.1) is 30.6 Å². The molecule has 2 bridgehead atoms. The van der Waals surface area contributed by atoms with E-state index in [1.807, 2.05) is 20.8 Å². The van der Waals surface area contributed by atoms with Crippen molar-refractivity contribution < 1.29 is 22.8 Å². The summed E-state index contributed by atoms with van der Waals surface area (Å²) in [4.78, 5) is 47.9. The summed E-state index contributed by atoms with van der Waals surface area (Å²) >= 11 is 0. The molecule has 186 valence electrons. The lowest BCUT2D eigenvalue weighted by molar-refractivity contribution is -0.168. The Morgan fingerprint density at radius 1 is 1.11 bits per heavy atom. The van der Waals surface area contributed by atoms with Gasteiger partial charge in [-0.05, 0) is 56.4 Å². The maximum atomic E-state index is 13.1. The van der Waals surface area contributed by atoms with Crippen molar-refractivity contribution in [3.8, 4) is 0 Å². The van der Waals surface area contributed by atoms with Crippen LogP contribution in [-0.4, -0.2) is 47.6 Å². The van der Waals surface area contributed by atoms with Crippen LogP contribution in [0.25, 0.3) is 0 Å². The van der Waals surface area contributed by atoms with Crippen LogP contribution in [0.4, 0.5) is 11.5 Å². The summed E-state index contributed by atoms with van der Waals surface area (Å²) < 4.78 is 27.8. The Hall–Kier alpha value is -3.34. The molecule has 2 atom stereocenters. The number of sulfonamides is 1. The summed E-state index contributed by atoms with van der Waals surface area (Å²) in [5.41, 5.74) is -0.166. The minimum atomic E-state index is -3.90. The fourth-order valence-electron chi connectivity index (χ4n) is 5.08. The molecule has 2 fully saturated rings. The molecule has 10 nitrogen and oxygen atoms in total. The smallest absolute Gasteiger partial charge is 0.263 e. The van der Waals surface area contributed by atoms with E-state index < -0.39 is 26.8 Å². The Balaban J connectivity index is 1.43. The highest BCUT2D eigenvalue weighted by atomic mass is 32.2. The molecule has 2 heterocycles. The van der Waals surface area contributed by atoms with Gasteiger partial charge in [-0.15, -0.1) is 0 Å². The highest BCUT2D eigenvalue weighted by molar-refractivity contribution is 7.92. The van der Waals surface area contributed by atoms with E-state index in [-0.39, 0.29) is 35.0 Å². The molecule has 1 saturated heterocycles. The number of imide groups is 1. The number of aromatic nitrogens is 2. The lowest BCUT2D eigenvalue weighted by Gasteiger charge is -2.47. The van der Waals surface area contributed by atoms with E-state index in [0.29, 0.717) is 30.0 Å². The zero-order chi connectivity index (χ0) is 25.8. The molecule has 11 heteroatoms. The molecule has 1 aromatic heterocycles. The average Bonchev–Trinajstić information content (AvgIpc) is 2.94. The van der Waals surface area contributed by atoms with E-state index in [4.69, 9.17) is 0 Å². The number of hydrogen-bond donors (Lipinski definition) is 2. The van der Waals surface area contributed by atoms with E-state index in [2.05, 4.69) is 20.0 Å². The molecule has 1 aliphatic carbocycles. The van der Waals surface area contributed by atoms with E-state index >= 15 is 0 Å². The number of likely N-dealkylation sites (tertiary alicyclic amines) is 1. The van der Waals surface area contributed by atoms with Gasteiger partial charge in [-0.3, -0.25) is 24.0 Å². The largest absolute Gasteiger partial charge is 0.325 e. The number of anilines is 2. The minimum absolute atomic E-state index is 0.0162. The van der Waals surface area contributed by atoms with Crippen molar-refractivity contribution in [3.63, 3.8) is 0 Å². The number of amides is 3. The number of aryl methyl sites for hydroxylation is 2. The van der Waals surface area contributed by atoms with E-state index in [0.717, 1.165) is 4.90 Å². The molecule has 2 aromatic rings. The van der Waals surface area contributed by atoms with Crippen molar-refractivity contribution in [1.29, 1.82) is 0 Å². The third-order valence-electron chi connectivity index (χ3n) is 7.46. The van der Waals surface area contributed by atoms with E-state index in [1.54, 1.807) is 13.8 Å². The van der Waals surface area contributed by atoms with Crippen LogP contribution in [0.3, 0.4) is 0 Å². The topological polar surface area (TPSA) is 138 Å². The Morgan fingerprint density at radius 2 is 1.77 bits per heavy atom. The summed E-state index contributed by atoms with van der Waals surface area (Å²) in [5.74, 6) is -0.856. The van der Waals surface area contributed by atoms with Crippen LogP contribution in [0.2, 0.25) is 0 Å². The second-order valence-corrected chi connectivity index (χ2v) is 11.7. The highest BCUT2D eigenvalue weighted by Gasteiger charge is 2.64. The molecular formula is C24H29N5O5S. The quantitative estimate of drug-likeness (QED) is 0.583. The predicted molar refractivity (Wildman–Crippen MR) is 129 cm³/mol. The first kappa shape index (κ1) is 24.8. The zero-order valence-corrected chi connectivity index (χ0v) is 21.2. The van der Waals surface area contributed by atoms with Gasteiger partial charge in [-0.25, -0.2) is 18.4 Å². The number of hydrogen-bond acceptors (Lipinski definition) is 7. The zero-order valence-electron chi connectivity index (χ0n) is 20.4. The van der Waals surface area contributed by atoms with Crippen molar-refractivity contribution in [1.82, 2.24) is 14.9 Å². The van der Waals surface area contributed by atoms with Crippen molar-refractivity contribution in [2.24, 2.45) is 16.7 Å². The molecule has 4 rings (SSSR count). The van der Waals surface area contributed by atoms with Gasteiger partial charge >= 0.3 is 0 Å². The van der Waals surface area contributed by atoms with Crippen molar-refractivity contribution in [2.75, 3.05) is 16.6 Å². The molecule has 2 aliphatic rings. The van der Waals surface area contributed by atoms with Crippen LogP contribution in [0.5, 0.6) is 0 Å². The minimum Gasteiger partial charge on any atom is -0.325 e. The van der Waals surface area contributed by atoms with Crippen LogP contribution in [0.1, 0.15) is 45.1 Å². The first-order valence-corrected chi connectivity index (χ1v) is 12.8. The third kappa shape index (κ3) is 4.29. The molecule has 1 saturated carbocycles. The summed E-state index contributed by atoms with van der Waals surface area (Å²) in [6, 6.07) is 7.10. The fraction of sp³-hybridized carbons (Fsp3) is 0.458. The number of carbonyl (C=O) groups is 3. The Bertz CT molecular complexity index is 1300. The van der Waals surface area contributed by atoms with Gasteiger partial charge in [0.15, 0.2) is 0 Å². The van der Waals surface area contributed by atoms with E-state index in [9.17, 15) is 22.8 Å². The standard InChI is InChI=1S/C24H29N5O5S/c1-14-12-19(26-15(2)25-14)28-35(33,34)17-8-6-16(7-9-17)27-20(30)13-29-21(31)18-10-11-24(5,22(29)32)23(18,3)4/h6-9,12,18H,10-11,13H2,1-5H3,(H,27,30)(H,25,26,28). The maximum absolute atomic E-state index is 13.1. The number of nitrogens with zero attached hydrogens (tertiary/aromatic N) is 3. The lowest BCUT2D eigenvalue weighted by atomic mass is 9.62. The summed E-state index contributed by atoms with van der Waals surface area (Å²) in [6.07, 6.45) is 1.25. The Kier molecular flexibility index (Phi) is 5.95. The van der Waals surface area contributed by atoms with Gasteiger partial charge in [0, 0.05) is 23.4 Å². The molecule has 1 aliphatic heterocycles. The normalized spacial score (nSPS) is 23.3. The highest BCUT2D eigenvalue weighted by Crippen LogP contribution is 2.59. The van der Waals surface area contributed by atoms with Gasteiger partial charge in [0.05, 0.1) is 10.3 Å². The van der Waals surface area contributed by atoms with Crippen molar-refractivity contribution in [3.05, 3.63) is 41.9 Å². The van der Waals surface area contributed by atoms with Crippen molar-refractivity contribution >= 4 is 39.3 Å². The number of nitrogens with one attached hydrogen (secondary N) is 2. The number of carbonyl (C=O) groups excluding carboxylic acids is 3. The first-order chi connectivity index (χ1) is 16.2. The summed E-state index contributed by atoms with van der Waals surface area (Å²) in [5, 5.41) is 2.64. The van der Waals surface area contributed by atoms with Gasteiger partial charge in [0.1, 0.15) is 18.2 Å². The number of rotatable bonds is 6. The number of fused-ring (bicyclic) bond motifs is 2. The van der Waals surface area contributed by atoms with Gasteiger partial charge < -0.3 is 5.32 Å². The monoisotopic (exact) mass is 499 g/mol. The van der Waals surface area contributed by atoms with Crippen LogP contribution < -0.4 is 10.0 Å².